The topological polar surface area (TPSA) is 61.8 Å². The van der Waals surface area contributed by atoms with Gasteiger partial charge >= 0.3 is 10.1 Å². The Morgan fingerprint density at radius 1 is 0.913 bits per heavy atom. The van der Waals surface area contributed by atoms with Crippen LogP contribution in [0.15, 0.2) is 35.2 Å². The molecule has 5 nitrogen and oxygen atoms in total. The first-order chi connectivity index (χ1) is 10.8. The summed E-state index contributed by atoms with van der Waals surface area (Å²) in [4.78, 5) is -0.167. The third-order valence-corrected chi connectivity index (χ3v) is 4.44. The summed E-state index contributed by atoms with van der Waals surface area (Å²) in [5, 5.41) is 0. The van der Waals surface area contributed by atoms with Crippen LogP contribution in [0.2, 0.25) is 0 Å². The van der Waals surface area contributed by atoms with E-state index in [2.05, 4.69) is 0 Å². The van der Waals surface area contributed by atoms with Gasteiger partial charge in [0.05, 0.1) is 14.2 Å². The summed E-state index contributed by atoms with van der Waals surface area (Å²) < 4.78 is 65.7. The number of hydrogen-bond donors (Lipinski definition) is 0. The molecule has 2 aromatic rings. The Bertz CT molecular complexity index is 834. The van der Waals surface area contributed by atoms with E-state index in [0.717, 1.165) is 12.1 Å². The van der Waals surface area contributed by atoms with Crippen molar-refractivity contribution in [2.24, 2.45) is 0 Å². The van der Waals surface area contributed by atoms with Crippen LogP contribution in [0.5, 0.6) is 17.2 Å². The molecule has 0 saturated carbocycles. The van der Waals surface area contributed by atoms with Crippen molar-refractivity contribution in [3.05, 3.63) is 47.5 Å². The third-order valence-electron chi connectivity index (χ3n) is 3.05. The standard InChI is InChI=1S/C15H14F2O5S/c1-9-6-13(20-2)14(21-3)8-15(9)23(18,19)22-10-4-5-11(16)12(17)7-10/h4-8H,1-3H3. The van der Waals surface area contributed by atoms with E-state index < -0.39 is 21.8 Å². The van der Waals surface area contributed by atoms with E-state index in [4.69, 9.17) is 13.7 Å². The SMILES string of the molecule is COc1cc(C)c(S(=O)(=O)Oc2ccc(F)c(F)c2)cc1OC. The van der Waals surface area contributed by atoms with Crippen molar-refractivity contribution in [3.8, 4) is 17.2 Å². The Morgan fingerprint density at radius 3 is 2.09 bits per heavy atom. The minimum absolute atomic E-state index is 0.167. The number of hydrogen-bond acceptors (Lipinski definition) is 5. The zero-order chi connectivity index (χ0) is 17.2. The molecule has 0 unspecified atom stereocenters. The summed E-state index contributed by atoms with van der Waals surface area (Å²) >= 11 is 0. The van der Waals surface area contributed by atoms with Gasteiger partial charge in [0.1, 0.15) is 10.6 Å². The molecule has 2 rings (SSSR count). The summed E-state index contributed by atoms with van der Waals surface area (Å²) in [6, 6.07) is 5.17. The molecule has 0 aliphatic carbocycles. The van der Waals surface area contributed by atoms with E-state index in [1.807, 2.05) is 0 Å². The molecule has 0 radical (unpaired) electrons. The lowest BCUT2D eigenvalue weighted by Crippen LogP contribution is -2.12. The normalized spacial score (nSPS) is 11.2. The first-order valence-electron chi connectivity index (χ1n) is 6.40. The van der Waals surface area contributed by atoms with Gasteiger partial charge in [-0.25, -0.2) is 8.78 Å². The highest BCUT2D eigenvalue weighted by atomic mass is 32.2. The van der Waals surface area contributed by atoms with Gasteiger partial charge in [-0.15, -0.1) is 0 Å². The second kappa shape index (κ2) is 6.41. The Morgan fingerprint density at radius 2 is 1.52 bits per heavy atom. The van der Waals surface area contributed by atoms with E-state index in [1.54, 1.807) is 6.92 Å². The van der Waals surface area contributed by atoms with Gasteiger partial charge in [0, 0.05) is 12.1 Å². The van der Waals surface area contributed by atoms with E-state index in [0.29, 0.717) is 17.4 Å². The highest BCUT2D eigenvalue weighted by Crippen LogP contribution is 2.33. The fourth-order valence-corrected chi connectivity index (χ4v) is 3.08. The first-order valence-corrected chi connectivity index (χ1v) is 7.81. The lowest BCUT2D eigenvalue weighted by Gasteiger charge is -2.13. The van der Waals surface area contributed by atoms with Crippen molar-refractivity contribution in [1.82, 2.24) is 0 Å². The number of methoxy groups -OCH3 is 2. The smallest absolute Gasteiger partial charge is 0.339 e. The van der Waals surface area contributed by atoms with Crippen molar-refractivity contribution in [1.29, 1.82) is 0 Å². The highest BCUT2D eigenvalue weighted by Gasteiger charge is 2.23. The molecule has 0 atom stereocenters. The van der Waals surface area contributed by atoms with Gasteiger partial charge in [-0.1, -0.05) is 0 Å². The average molecular weight is 344 g/mol. The zero-order valence-corrected chi connectivity index (χ0v) is 13.4. The van der Waals surface area contributed by atoms with E-state index in [1.165, 1.54) is 26.4 Å². The fourth-order valence-electron chi connectivity index (χ4n) is 1.93. The quantitative estimate of drug-likeness (QED) is 0.780. The van der Waals surface area contributed by atoms with Crippen LogP contribution in [-0.4, -0.2) is 22.6 Å². The van der Waals surface area contributed by atoms with Crippen LogP contribution in [0.1, 0.15) is 5.56 Å². The van der Waals surface area contributed by atoms with Gasteiger partial charge in [0.15, 0.2) is 23.1 Å². The Kier molecular flexibility index (Phi) is 4.74. The molecule has 0 saturated heterocycles. The second-order valence-electron chi connectivity index (χ2n) is 4.59. The van der Waals surface area contributed by atoms with Crippen LogP contribution in [0.25, 0.3) is 0 Å². The number of rotatable bonds is 5. The molecule has 0 spiro atoms. The summed E-state index contributed by atoms with van der Waals surface area (Å²) in [6.45, 7) is 1.55. The van der Waals surface area contributed by atoms with E-state index in [9.17, 15) is 17.2 Å². The zero-order valence-electron chi connectivity index (χ0n) is 12.6. The van der Waals surface area contributed by atoms with Crippen molar-refractivity contribution >= 4 is 10.1 Å². The van der Waals surface area contributed by atoms with Gasteiger partial charge in [-0.2, -0.15) is 8.42 Å². The average Bonchev–Trinajstić information content (AvgIpc) is 2.50. The molecule has 124 valence electrons. The van der Waals surface area contributed by atoms with Gasteiger partial charge in [-0.3, -0.25) is 0 Å². The predicted molar refractivity (Wildman–Crippen MR) is 78.5 cm³/mol. The molecule has 23 heavy (non-hydrogen) atoms. The van der Waals surface area contributed by atoms with Crippen molar-refractivity contribution in [3.63, 3.8) is 0 Å². The van der Waals surface area contributed by atoms with Crippen molar-refractivity contribution in [2.45, 2.75) is 11.8 Å². The number of ether oxygens (including phenoxy) is 2. The van der Waals surface area contributed by atoms with E-state index >= 15 is 0 Å². The van der Waals surface area contributed by atoms with Gasteiger partial charge in [0.25, 0.3) is 0 Å². The minimum Gasteiger partial charge on any atom is -0.493 e. The summed E-state index contributed by atoms with van der Waals surface area (Å²) in [5.74, 6) is -2.08. The highest BCUT2D eigenvalue weighted by molar-refractivity contribution is 7.87. The van der Waals surface area contributed by atoms with Crippen LogP contribution in [-0.2, 0) is 10.1 Å². The van der Waals surface area contributed by atoms with Crippen LogP contribution in [0, 0.1) is 18.6 Å². The molecule has 0 N–H and O–H groups in total. The maximum Gasteiger partial charge on any atom is 0.339 e. The largest absolute Gasteiger partial charge is 0.493 e. The lowest BCUT2D eigenvalue weighted by molar-refractivity contribution is 0.353. The van der Waals surface area contributed by atoms with E-state index in [-0.39, 0.29) is 16.4 Å². The fraction of sp³-hybridized carbons (Fsp3) is 0.200. The van der Waals surface area contributed by atoms with Crippen LogP contribution in [0.3, 0.4) is 0 Å². The second-order valence-corrected chi connectivity index (χ2v) is 6.10. The number of benzene rings is 2. The number of halogens is 2. The molecule has 0 fully saturated rings. The molecule has 0 aliphatic heterocycles. The van der Waals surface area contributed by atoms with Crippen molar-refractivity contribution < 1.29 is 30.9 Å². The Hall–Kier alpha value is -2.35. The predicted octanol–water partition coefficient (Wildman–Crippen LogP) is 3.06. The first kappa shape index (κ1) is 17.0. The maximum atomic E-state index is 13.2. The molecular weight excluding hydrogens is 330 g/mol. The molecule has 2 aromatic carbocycles. The molecule has 0 aromatic heterocycles. The summed E-state index contributed by atoms with van der Waals surface area (Å²) in [5.41, 5.74) is 0.352. The van der Waals surface area contributed by atoms with Gasteiger partial charge in [-0.05, 0) is 30.7 Å². The van der Waals surface area contributed by atoms with Crippen molar-refractivity contribution in [2.75, 3.05) is 14.2 Å². The van der Waals surface area contributed by atoms with Gasteiger partial charge in [0.2, 0.25) is 0 Å². The summed E-state index contributed by atoms with van der Waals surface area (Å²) in [7, 11) is -1.48. The Balaban J connectivity index is 2.45. The molecule has 8 heteroatoms. The van der Waals surface area contributed by atoms with Crippen LogP contribution >= 0.6 is 0 Å². The third kappa shape index (κ3) is 3.53. The van der Waals surface area contributed by atoms with Gasteiger partial charge < -0.3 is 13.7 Å². The molecule has 0 heterocycles. The van der Waals surface area contributed by atoms with Crippen LogP contribution < -0.4 is 13.7 Å². The summed E-state index contributed by atoms with van der Waals surface area (Å²) in [6.07, 6.45) is 0. The lowest BCUT2D eigenvalue weighted by atomic mass is 10.2. The Labute approximate surface area is 132 Å². The monoisotopic (exact) mass is 344 g/mol. The maximum absolute atomic E-state index is 13.2. The number of aryl methyl sites for hydroxylation is 1. The molecule has 0 amide bonds. The van der Waals surface area contributed by atoms with Crippen LogP contribution in [0.4, 0.5) is 8.78 Å². The molecular formula is C15H14F2O5S. The molecule has 0 bridgehead atoms. The minimum atomic E-state index is -4.26. The molecule has 0 aliphatic rings.